The maximum Gasteiger partial charge on any atom is 0.387 e. The van der Waals surface area contributed by atoms with Crippen LogP contribution in [0.3, 0.4) is 0 Å². The number of likely N-dealkylation sites (tertiary alicyclic amines) is 1. The van der Waals surface area contributed by atoms with E-state index in [2.05, 4.69) is 9.64 Å². The van der Waals surface area contributed by atoms with Crippen molar-refractivity contribution in [3.05, 3.63) is 23.8 Å². The first-order valence-electron chi connectivity index (χ1n) is 7.66. The fourth-order valence-corrected chi connectivity index (χ4v) is 3.03. The molecule has 0 aliphatic carbocycles. The first-order valence-corrected chi connectivity index (χ1v) is 7.66. The molecule has 2 N–H and O–H groups in total. The van der Waals surface area contributed by atoms with Gasteiger partial charge in [0.25, 0.3) is 0 Å². The van der Waals surface area contributed by atoms with Crippen LogP contribution in [-0.4, -0.2) is 38.3 Å². The summed E-state index contributed by atoms with van der Waals surface area (Å²) in [5, 5.41) is 0. The molecule has 1 aromatic carbocycles. The van der Waals surface area contributed by atoms with Crippen molar-refractivity contribution in [3.8, 4) is 11.5 Å². The fourth-order valence-electron chi connectivity index (χ4n) is 3.03. The summed E-state index contributed by atoms with van der Waals surface area (Å²) < 4.78 is 34.5. The van der Waals surface area contributed by atoms with Crippen LogP contribution >= 0.6 is 12.4 Å². The molecule has 2 rings (SSSR count). The van der Waals surface area contributed by atoms with E-state index in [1.807, 2.05) is 6.07 Å². The first kappa shape index (κ1) is 19.9. The van der Waals surface area contributed by atoms with Gasteiger partial charge in [0.05, 0.1) is 7.11 Å². The Labute approximate surface area is 142 Å². The third-order valence-electron chi connectivity index (χ3n) is 4.03. The van der Waals surface area contributed by atoms with Gasteiger partial charge in [0.15, 0.2) is 11.5 Å². The number of benzene rings is 1. The summed E-state index contributed by atoms with van der Waals surface area (Å²) in [7, 11) is 1.44. The van der Waals surface area contributed by atoms with Gasteiger partial charge >= 0.3 is 6.61 Å². The molecule has 4 nitrogen and oxygen atoms in total. The lowest BCUT2D eigenvalue weighted by Crippen LogP contribution is -2.35. The van der Waals surface area contributed by atoms with E-state index in [0.29, 0.717) is 18.2 Å². The standard InChI is InChI=1S/C16H24F2N2O2.ClH/c1-21-14-5-4-13(9-15(14)22-16(17)18)11-20-8-2-3-12(10-20)6-7-19;/h4-5,9,12,16H,2-3,6-8,10-11,19H2,1H3;1H. The van der Waals surface area contributed by atoms with Crippen LogP contribution in [0.25, 0.3) is 0 Å². The molecule has 1 saturated heterocycles. The second-order valence-corrected chi connectivity index (χ2v) is 5.68. The highest BCUT2D eigenvalue weighted by atomic mass is 35.5. The minimum atomic E-state index is -2.85. The molecule has 132 valence electrons. The molecule has 1 aliphatic heterocycles. The van der Waals surface area contributed by atoms with Crippen LogP contribution < -0.4 is 15.2 Å². The number of ether oxygens (including phenoxy) is 2. The van der Waals surface area contributed by atoms with Gasteiger partial charge in [-0.15, -0.1) is 12.4 Å². The smallest absolute Gasteiger partial charge is 0.387 e. The van der Waals surface area contributed by atoms with Gasteiger partial charge in [-0.3, -0.25) is 4.90 Å². The van der Waals surface area contributed by atoms with Gasteiger partial charge in [-0.05, 0) is 56.0 Å². The van der Waals surface area contributed by atoms with Crippen LogP contribution in [0.4, 0.5) is 8.78 Å². The van der Waals surface area contributed by atoms with Crippen LogP contribution in [0, 0.1) is 5.92 Å². The highest BCUT2D eigenvalue weighted by Gasteiger charge is 2.20. The predicted octanol–water partition coefficient (Wildman–Crippen LogP) is 3.28. The van der Waals surface area contributed by atoms with Crippen molar-refractivity contribution in [1.29, 1.82) is 0 Å². The van der Waals surface area contributed by atoms with Crippen molar-refractivity contribution in [3.63, 3.8) is 0 Å². The number of methoxy groups -OCH3 is 1. The second kappa shape index (κ2) is 9.90. The van der Waals surface area contributed by atoms with E-state index in [4.69, 9.17) is 10.5 Å². The van der Waals surface area contributed by atoms with Gasteiger partial charge in [0.2, 0.25) is 0 Å². The monoisotopic (exact) mass is 350 g/mol. The van der Waals surface area contributed by atoms with Gasteiger partial charge in [0, 0.05) is 13.1 Å². The quantitative estimate of drug-likeness (QED) is 0.819. The number of hydrogen-bond acceptors (Lipinski definition) is 4. The van der Waals surface area contributed by atoms with Crippen LogP contribution in [0.5, 0.6) is 11.5 Å². The number of hydrogen-bond donors (Lipinski definition) is 1. The molecule has 1 aliphatic rings. The van der Waals surface area contributed by atoms with E-state index in [9.17, 15) is 8.78 Å². The zero-order chi connectivity index (χ0) is 15.9. The molecule has 0 saturated carbocycles. The Morgan fingerprint density at radius 2 is 2.13 bits per heavy atom. The average Bonchev–Trinajstić information content (AvgIpc) is 2.48. The van der Waals surface area contributed by atoms with E-state index >= 15 is 0 Å². The van der Waals surface area contributed by atoms with Crippen molar-refractivity contribution < 1.29 is 18.3 Å². The number of piperidine rings is 1. The molecule has 0 radical (unpaired) electrons. The first-order chi connectivity index (χ1) is 10.6. The molecule has 1 fully saturated rings. The zero-order valence-electron chi connectivity index (χ0n) is 13.3. The van der Waals surface area contributed by atoms with E-state index in [1.54, 1.807) is 12.1 Å². The molecule has 1 aromatic rings. The Balaban J connectivity index is 0.00000264. The predicted molar refractivity (Wildman–Crippen MR) is 88.5 cm³/mol. The van der Waals surface area contributed by atoms with Crippen molar-refractivity contribution in [2.45, 2.75) is 32.4 Å². The average molecular weight is 351 g/mol. The summed E-state index contributed by atoms with van der Waals surface area (Å²) in [6, 6.07) is 5.20. The Morgan fingerprint density at radius 3 is 2.78 bits per heavy atom. The summed E-state index contributed by atoms with van der Waals surface area (Å²) in [6.45, 7) is 0.623. The molecular formula is C16H25ClF2N2O2. The van der Waals surface area contributed by atoms with Crippen LogP contribution in [-0.2, 0) is 6.54 Å². The van der Waals surface area contributed by atoms with Crippen LogP contribution in [0.2, 0.25) is 0 Å². The van der Waals surface area contributed by atoms with E-state index in [1.165, 1.54) is 13.5 Å². The number of rotatable bonds is 7. The minimum absolute atomic E-state index is 0. The maximum absolute atomic E-state index is 12.5. The van der Waals surface area contributed by atoms with E-state index in [-0.39, 0.29) is 18.2 Å². The number of nitrogens with two attached hydrogens (primary N) is 1. The molecule has 0 bridgehead atoms. The Bertz CT molecular complexity index is 475. The summed E-state index contributed by atoms with van der Waals surface area (Å²) in [5.74, 6) is 1.04. The van der Waals surface area contributed by atoms with Crippen molar-refractivity contribution in [1.82, 2.24) is 4.90 Å². The number of nitrogens with zero attached hydrogens (tertiary/aromatic N) is 1. The fraction of sp³-hybridized carbons (Fsp3) is 0.625. The van der Waals surface area contributed by atoms with Crippen molar-refractivity contribution >= 4 is 12.4 Å². The molecule has 1 heterocycles. The van der Waals surface area contributed by atoms with Crippen LogP contribution in [0.1, 0.15) is 24.8 Å². The summed E-state index contributed by atoms with van der Waals surface area (Å²) >= 11 is 0. The lowest BCUT2D eigenvalue weighted by molar-refractivity contribution is -0.0512. The highest BCUT2D eigenvalue weighted by Crippen LogP contribution is 2.30. The minimum Gasteiger partial charge on any atom is -0.493 e. The summed E-state index contributed by atoms with van der Waals surface area (Å²) in [5.41, 5.74) is 6.58. The topological polar surface area (TPSA) is 47.7 Å². The molecule has 0 amide bonds. The lowest BCUT2D eigenvalue weighted by Gasteiger charge is -2.32. The highest BCUT2D eigenvalue weighted by molar-refractivity contribution is 5.85. The largest absolute Gasteiger partial charge is 0.493 e. The molecule has 1 atom stereocenters. The van der Waals surface area contributed by atoms with Crippen LogP contribution in [0.15, 0.2) is 18.2 Å². The zero-order valence-corrected chi connectivity index (χ0v) is 14.2. The molecule has 23 heavy (non-hydrogen) atoms. The molecular weight excluding hydrogens is 326 g/mol. The lowest BCUT2D eigenvalue weighted by atomic mass is 9.94. The second-order valence-electron chi connectivity index (χ2n) is 5.68. The molecule has 0 spiro atoms. The van der Waals surface area contributed by atoms with Crippen molar-refractivity contribution in [2.75, 3.05) is 26.7 Å². The van der Waals surface area contributed by atoms with E-state index in [0.717, 1.165) is 38.0 Å². The maximum atomic E-state index is 12.5. The van der Waals surface area contributed by atoms with Gasteiger partial charge in [-0.25, -0.2) is 0 Å². The van der Waals surface area contributed by atoms with Gasteiger partial charge in [0.1, 0.15) is 0 Å². The third kappa shape index (κ3) is 6.12. The Kier molecular flexibility index (Phi) is 8.58. The van der Waals surface area contributed by atoms with E-state index < -0.39 is 6.61 Å². The molecule has 0 aromatic heterocycles. The third-order valence-corrected chi connectivity index (χ3v) is 4.03. The molecule has 7 heteroatoms. The Morgan fingerprint density at radius 1 is 1.35 bits per heavy atom. The Hall–Kier alpha value is -1.11. The molecule has 1 unspecified atom stereocenters. The van der Waals surface area contributed by atoms with Gasteiger partial charge in [-0.1, -0.05) is 6.07 Å². The summed E-state index contributed by atoms with van der Waals surface area (Å²) in [4.78, 5) is 2.35. The number of alkyl halides is 2. The van der Waals surface area contributed by atoms with Gasteiger partial charge < -0.3 is 15.2 Å². The van der Waals surface area contributed by atoms with Crippen molar-refractivity contribution in [2.24, 2.45) is 11.7 Å². The SMILES string of the molecule is COc1ccc(CN2CCCC(CCN)C2)cc1OC(F)F.Cl. The number of halogens is 3. The normalized spacial score (nSPS) is 18.6. The van der Waals surface area contributed by atoms with Gasteiger partial charge in [-0.2, -0.15) is 8.78 Å². The summed E-state index contributed by atoms with van der Waals surface area (Å²) in [6.07, 6.45) is 3.41.